The molecule has 116 valence electrons. The second-order valence-electron chi connectivity index (χ2n) is 6.13. The van der Waals surface area contributed by atoms with Crippen molar-refractivity contribution in [3.05, 3.63) is 58.6 Å². The number of ether oxygens (including phenoxy) is 1. The number of carbonyl (C=O) groups excluding carboxylic acids is 1. The van der Waals surface area contributed by atoms with Gasteiger partial charge in [0.2, 0.25) is 0 Å². The molecule has 0 unspecified atom stereocenters. The molecule has 1 amide bonds. The fraction of sp³-hybridized carbons (Fsp3) is 0.278. The van der Waals surface area contributed by atoms with Crippen molar-refractivity contribution in [3.63, 3.8) is 0 Å². The zero-order valence-corrected chi connectivity index (χ0v) is 14.8. The number of anilines is 2. The molecule has 2 aromatic rings. The van der Waals surface area contributed by atoms with Gasteiger partial charge in [-0.05, 0) is 64.1 Å². The van der Waals surface area contributed by atoms with Crippen LogP contribution in [0.3, 0.4) is 0 Å². The number of nitrogens with zero attached hydrogens (tertiary/aromatic N) is 1. The van der Waals surface area contributed by atoms with Crippen LogP contribution in [0.2, 0.25) is 0 Å². The van der Waals surface area contributed by atoms with Crippen molar-refractivity contribution in [1.82, 2.24) is 0 Å². The predicted molar refractivity (Wildman–Crippen MR) is 93.7 cm³/mol. The SMILES string of the molecule is Cc1ccc(N(C(=O)OC(C)(C)C)c2ccc(Br)cc2)cc1. The number of hydrogen-bond donors (Lipinski definition) is 0. The number of hydrogen-bond acceptors (Lipinski definition) is 2. The first kappa shape index (κ1) is 16.6. The average Bonchev–Trinajstić information content (AvgIpc) is 2.41. The summed E-state index contributed by atoms with van der Waals surface area (Å²) >= 11 is 3.41. The molecule has 0 aromatic heterocycles. The van der Waals surface area contributed by atoms with Crippen molar-refractivity contribution in [2.45, 2.75) is 33.3 Å². The average molecular weight is 362 g/mol. The van der Waals surface area contributed by atoms with Gasteiger partial charge in [0, 0.05) is 4.47 Å². The van der Waals surface area contributed by atoms with Gasteiger partial charge in [-0.2, -0.15) is 0 Å². The van der Waals surface area contributed by atoms with Gasteiger partial charge in [-0.1, -0.05) is 33.6 Å². The molecule has 0 saturated carbocycles. The van der Waals surface area contributed by atoms with Crippen LogP contribution in [0.5, 0.6) is 0 Å². The highest BCUT2D eigenvalue weighted by molar-refractivity contribution is 9.10. The summed E-state index contributed by atoms with van der Waals surface area (Å²) < 4.78 is 6.51. The van der Waals surface area contributed by atoms with Crippen molar-refractivity contribution in [3.8, 4) is 0 Å². The Morgan fingerprint density at radius 3 is 1.86 bits per heavy atom. The zero-order chi connectivity index (χ0) is 16.3. The minimum absolute atomic E-state index is 0.390. The summed E-state index contributed by atoms with van der Waals surface area (Å²) in [5.74, 6) is 0. The molecule has 0 radical (unpaired) electrons. The van der Waals surface area contributed by atoms with E-state index in [0.29, 0.717) is 0 Å². The van der Waals surface area contributed by atoms with Crippen LogP contribution >= 0.6 is 15.9 Å². The molecule has 0 bridgehead atoms. The van der Waals surface area contributed by atoms with E-state index in [1.807, 2.05) is 76.2 Å². The summed E-state index contributed by atoms with van der Waals surface area (Å²) in [6.07, 6.45) is -0.390. The van der Waals surface area contributed by atoms with Crippen molar-refractivity contribution >= 4 is 33.4 Å². The maximum Gasteiger partial charge on any atom is 0.419 e. The normalized spacial score (nSPS) is 11.1. The molecule has 0 saturated heterocycles. The van der Waals surface area contributed by atoms with E-state index in [1.54, 1.807) is 4.90 Å². The molecule has 0 aliphatic heterocycles. The van der Waals surface area contributed by atoms with Crippen LogP contribution in [-0.4, -0.2) is 11.7 Å². The monoisotopic (exact) mass is 361 g/mol. The molecule has 0 atom stereocenters. The molecule has 0 aliphatic carbocycles. The highest BCUT2D eigenvalue weighted by atomic mass is 79.9. The van der Waals surface area contributed by atoms with Gasteiger partial charge in [-0.25, -0.2) is 9.69 Å². The zero-order valence-electron chi connectivity index (χ0n) is 13.3. The lowest BCUT2D eigenvalue weighted by molar-refractivity contribution is 0.0599. The van der Waals surface area contributed by atoms with Crippen LogP contribution in [0.1, 0.15) is 26.3 Å². The minimum atomic E-state index is -0.546. The molecule has 0 N–H and O–H groups in total. The summed E-state index contributed by atoms with van der Waals surface area (Å²) in [5.41, 5.74) is 2.14. The topological polar surface area (TPSA) is 29.5 Å². The molecule has 2 rings (SSSR count). The summed E-state index contributed by atoms with van der Waals surface area (Å²) in [5, 5.41) is 0. The Kier molecular flexibility index (Phi) is 4.91. The number of amides is 1. The van der Waals surface area contributed by atoms with Gasteiger partial charge in [0.25, 0.3) is 0 Å². The van der Waals surface area contributed by atoms with Gasteiger partial charge in [0.05, 0.1) is 11.4 Å². The summed E-state index contributed by atoms with van der Waals surface area (Å²) in [7, 11) is 0. The van der Waals surface area contributed by atoms with Crippen LogP contribution in [0.25, 0.3) is 0 Å². The van der Waals surface area contributed by atoms with Crippen LogP contribution in [0.4, 0.5) is 16.2 Å². The van der Waals surface area contributed by atoms with Crippen LogP contribution in [-0.2, 0) is 4.74 Å². The van der Waals surface area contributed by atoms with Crippen LogP contribution in [0, 0.1) is 6.92 Å². The van der Waals surface area contributed by atoms with Crippen LogP contribution < -0.4 is 4.90 Å². The third-order valence-corrected chi connectivity index (χ3v) is 3.48. The number of benzene rings is 2. The van der Waals surface area contributed by atoms with Gasteiger partial charge in [-0.15, -0.1) is 0 Å². The Hall–Kier alpha value is -1.81. The van der Waals surface area contributed by atoms with Crippen molar-refractivity contribution < 1.29 is 9.53 Å². The Balaban J connectivity index is 2.42. The van der Waals surface area contributed by atoms with Crippen molar-refractivity contribution in [2.75, 3.05) is 4.90 Å². The van der Waals surface area contributed by atoms with Gasteiger partial charge in [0.1, 0.15) is 5.60 Å². The number of carbonyl (C=O) groups is 1. The Bertz CT molecular complexity index is 597. The van der Waals surface area contributed by atoms with Gasteiger partial charge < -0.3 is 4.74 Å². The van der Waals surface area contributed by atoms with Crippen LogP contribution in [0.15, 0.2) is 53.0 Å². The molecular formula is C18H20BrNO2. The van der Waals surface area contributed by atoms with E-state index in [-0.39, 0.29) is 0 Å². The first-order chi connectivity index (χ1) is 10.3. The van der Waals surface area contributed by atoms with E-state index in [1.165, 1.54) is 0 Å². The summed E-state index contributed by atoms with van der Waals surface area (Å²) in [6, 6.07) is 15.4. The highest BCUT2D eigenvalue weighted by Gasteiger charge is 2.24. The second-order valence-corrected chi connectivity index (χ2v) is 7.04. The standard InChI is InChI=1S/C18H20BrNO2/c1-13-5-9-15(10-6-13)20(17(21)22-18(2,3)4)16-11-7-14(19)8-12-16/h5-12H,1-4H3. The highest BCUT2D eigenvalue weighted by Crippen LogP contribution is 2.29. The third-order valence-electron chi connectivity index (χ3n) is 2.95. The maximum atomic E-state index is 12.6. The molecule has 0 aliphatic rings. The molecule has 3 nitrogen and oxygen atoms in total. The lowest BCUT2D eigenvalue weighted by atomic mass is 10.2. The van der Waals surface area contributed by atoms with E-state index in [0.717, 1.165) is 21.4 Å². The minimum Gasteiger partial charge on any atom is -0.443 e. The van der Waals surface area contributed by atoms with Crippen molar-refractivity contribution in [1.29, 1.82) is 0 Å². The fourth-order valence-electron chi connectivity index (χ4n) is 1.95. The van der Waals surface area contributed by atoms with E-state index >= 15 is 0 Å². The maximum absolute atomic E-state index is 12.6. The third kappa shape index (κ3) is 4.34. The molecule has 4 heteroatoms. The molecular weight excluding hydrogens is 342 g/mol. The number of halogens is 1. The first-order valence-corrected chi connectivity index (χ1v) is 7.91. The second kappa shape index (κ2) is 6.53. The molecule has 0 heterocycles. The largest absolute Gasteiger partial charge is 0.443 e. The Morgan fingerprint density at radius 1 is 0.955 bits per heavy atom. The smallest absolute Gasteiger partial charge is 0.419 e. The first-order valence-electron chi connectivity index (χ1n) is 7.11. The van der Waals surface area contributed by atoms with Crippen molar-refractivity contribution in [2.24, 2.45) is 0 Å². The Labute approximate surface area is 140 Å². The quantitative estimate of drug-likeness (QED) is 0.673. The van der Waals surface area contributed by atoms with Gasteiger partial charge in [0.15, 0.2) is 0 Å². The lowest BCUT2D eigenvalue weighted by Gasteiger charge is -2.27. The fourth-order valence-corrected chi connectivity index (χ4v) is 2.22. The van der Waals surface area contributed by atoms with E-state index in [2.05, 4.69) is 15.9 Å². The molecule has 2 aromatic carbocycles. The summed E-state index contributed by atoms with van der Waals surface area (Å²) in [6.45, 7) is 7.60. The van der Waals surface area contributed by atoms with Gasteiger partial charge >= 0.3 is 6.09 Å². The lowest BCUT2D eigenvalue weighted by Crippen LogP contribution is -2.33. The van der Waals surface area contributed by atoms with E-state index in [4.69, 9.17) is 4.74 Å². The molecule has 0 spiro atoms. The van der Waals surface area contributed by atoms with E-state index < -0.39 is 11.7 Å². The number of aryl methyl sites for hydroxylation is 1. The van der Waals surface area contributed by atoms with E-state index in [9.17, 15) is 4.79 Å². The van der Waals surface area contributed by atoms with Gasteiger partial charge in [-0.3, -0.25) is 0 Å². The summed E-state index contributed by atoms with van der Waals surface area (Å²) in [4.78, 5) is 14.2. The molecule has 0 fully saturated rings. The predicted octanol–water partition coefficient (Wildman–Crippen LogP) is 5.83. The number of rotatable bonds is 2. The Morgan fingerprint density at radius 2 is 1.41 bits per heavy atom. The molecule has 22 heavy (non-hydrogen) atoms.